The third-order valence-electron chi connectivity index (χ3n) is 1.62. The van der Waals surface area contributed by atoms with Crippen molar-refractivity contribution in [3.8, 4) is 6.07 Å². The van der Waals surface area contributed by atoms with Crippen LogP contribution in [0.3, 0.4) is 0 Å². The molecular formula is C10H18NP. The number of unbranched alkanes of at least 4 members (excludes halogenated alkanes) is 2. The number of allylic oxidation sites excluding steroid dienone is 2. The summed E-state index contributed by atoms with van der Waals surface area (Å²) >= 11 is 0. The maximum Gasteiger partial charge on any atom is 0.0908 e. The lowest BCUT2D eigenvalue weighted by molar-refractivity contribution is 0.888. The summed E-state index contributed by atoms with van der Waals surface area (Å²) in [7, 11) is 1.13. The van der Waals surface area contributed by atoms with Crippen LogP contribution in [0.25, 0.3) is 0 Å². The van der Waals surface area contributed by atoms with E-state index < -0.39 is 0 Å². The van der Waals surface area contributed by atoms with Gasteiger partial charge in [0.2, 0.25) is 0 Å². The second-order valence-electron chi connectivity index (χ2n) is 2.78. The quantitative estimate of drug-likeness (QED) is 0.337. The van der Waals surface area contributed by atoms with Crippen molar-refractivity contribution in [2.75, 3.05) is 12.3 Å². The van der Waals surface area contributed by atoms with Gasteiger partial charge in [-0.1, -0.05) is 19.4 Å². The SMILES string of the molecule is CCCCPCCCC=CC#N. The van der Waals surface area contributed by atoms with E-state index in [1.807, 2.05) is 12.1 Å². The Morgan fingerprint density at radius 1 is 1.33 bits per heavy atom. The van der Waals surface area contributed by atoms with Gasteiger partial charge in [-0.25, -0.2) is 0 Å². The Labute approximate surface area is 77.6 Å². The molecule has 0 rings (SSSR count). The lowest BCUT2D eigenvalue weighted by Crippen LogP contribution is -1.79. The molecule has 0 aromatic heterocycles. The molecule has 0 spiro atoms. The Hall–Kier alpha value is -0.340. The molecule has 2 heteroatoms. The molecule has 68 valence electrons. The monoisotopic (exact) mass is 183 g/mol. The Bertz CT molecular complexity index is 146. The van der Waals surface area contributed by atoms with E-state index in [1.165, 1.54) is 31.6 Å². The minimum atomic E-state index is 1.08. The van der Waals surface area contributed by atoms with E-state index in [2.05, 4.69) is 6.92 Å². The van der Waals surface area contributed by atoms with Gasteiger partial charge in [0, 0.05) is 6.08 Å². The van der Waals surface area contributed by atoms with Crippen LogP contribution in [0.4, 0.5) is 0 Å². The fourth-order valence-corrected chi connectivity index (χ4v) is 2.22. The van der Waals surface area contributed by atoms with E-state index in [0.29, 0.717) is 0 Å². The summed E-state index contributed by atoms with van der Waals surface area (Å²) < 4.78 is 0. The first-order chi connectivity index (χ1) is 5.91. The predicted molar refractivity (Wildman–Crippen MR) is 56.9 cm³/mol. The summed E-state index contributed by atoms with van der Waals surface area (Å²) in [5, 5.41) is 8.20. The predicted octanol–water partition coefficient (Wildman–Crippen LogP) is 3.32. The molecule has 0 N–H and O–H groups in total. The average Bonchev–Trinajstić information content (AvgIpc) is 2.10. The number of nitrogens with zero attached hydrogens (tertiary/aromatic N) is 1. The van der Waals surface area contributed by atoms with Gasteiger partial charge >= 0.3 is 0 Å². The molecule has 1 atom stereocenters. The maximum absolute atomic E-state index is 8.20. The minimum Gasteiger partial charge on any atom is -0.193 e. The Kier molecular flexibility index (Phi) is 10.4. The Morgan fingerprint density at radius 2 is 2.08 bits per heavy atom. The van der Waals surface area contributed by atoms with E-state index in [4.69, 9.17) is 5.26 Å². The molecule has 1 nitrogen and oxygen atoms in total. The van der Waals surface area contributed by atoms with Crippen LogP contribution in [-0.4, -0.2) is 12.3 Å². The van der Waals surface area contributed by atoms with Crippen LogP contribution in [0.2, 0.25) is 0 Å². The molecule has 0 radical (unpaired) electrons. The number of nitriles is 1. The standard InChI is InChI=1S/C10H18NP/c1-2-3-9-12-10-7-5-4-6-8-11/h4,6,12H,2-3,5,7,9-10H2,1H3. The van der Waals surface area contributed by atoms with Crippen LogP contribution in [0.5, 0.6) is 0 Å². The van der Waals surface area contributed by atoms with Crippen molar-refractivity contribution in [1.29, 1.82) is 5.26 Å². The van der Waals surface area contributed by atoms with Crippen LogP contribution in [0.15, 0.2) is 12.2 Å². The molecule has 0 aliphatic carbocycles. The zero-order valence-electron chi connectivity index (χ0n) is 7.84. The fraction of sp³-hybridized carbons (Fsp3) is 0.700. The van der Waals surface area contributed by atoms with Crippen LogP contribution in [0.1, 0.15) is 32.6 Å². The minimum absolute atomic E-state index is 1.08. The second kappa shape index (κ2) is 10.7. The van der Waals surface area contributed by atoms with Gasteiger partial charge in [-0.05, 0) is 31.6 Å². The molecule has 0 aromatic carbocycles. The summed E-state index contributed by atoms with van der Waals surface area (Å²) in [6.07, 6.45) is 11.3. The van der Waals surface area contributed by atoms with Gasteiger partial charge < -0.3 is 0 Å². The zero-order valence-corrected chi connectivity index (χ0v) is 8.84. The molecule has 0 aliphatic rings. The summed E-state index contributed by atoms with van der Waals surface area (Å²) in [5.41, 5.74) is 0. The summed E-state index contributed by atoms with van der Waals surface area (Å²) in [6.45, 7) is 2.24. The lowest BCUT2D eigenvalue weighted by Gasteiger charge is -1.97. The molecule has 0 fully saturated rings. The first-order valence-electron chi connectivity index (χ1n) is 4.67. The van der Waals surface area contributed by atoms with Crippen LogP contribution >= 0.6 is 8.58 Å². The first-order valence-corrected chi connectivity index (χ1v) is 6.08. The van der Waals surface area contributed by atoms with Gasteiger partial charge in [0.15, 0.2) is 0 Å². The van der Waals surface area contributed by atoms with Gasteiger partial charge in [0.05, 0.1) is 6.07 Å². The molecule has 0 amide bonds. The van der Waals surface area contributed by atoms with Gasteiger partial charge in [0.1, 0.15) is 0 Å². The molecule has 0 saturated carbocycles. The molecule has 0 bridgehead atoms. The largest absolute Gasteiger partial charge is 0.193 e. The molecule has 0 heterocycles. The van der Waals surface area contributed by atoms with Crippen molar-refractivity contribution in [2.24, 2.45) is 0 Å². The molecule has 0 aromatic rings. The topological polar surface area (TPSA) is 23.8 Å². The number of rotatable bonds is 7. The first kappa shape index (κ1) is 11.7. The molecule has 12 heavy (non-hydrogen) atoms. The van der Waals surface area contributed by atoms with Gasteiger partial charge in [-0.3, -0.25) is 0 Å². The van der Waals surface area contributed by atoms with Crippen LogP contribution in [-0.2, 0) is 0 Å². The lowest BCUT2D eigenvalue weighted by atomic mass is 10.3. The zero-order chi connectivity index (χ0) is 9.07. The van der Waals surface area contributed by atoms with Crippen molar-refractivity contribution in [1.82, 2.24) is 0 Å². The summed E-state index contributed by atoms with van der Waals surface area (Å²) in [4.78, 5) is 0. The maximum atomic E-state index is 8.20. The van der Waals surface area contributed by atoms with Crippen molar-refractivity contribution >= 4 is 8.58 Å². The summed E-state index contributed by atoms with van der Waals surface area (Å²) in [6, 6.07) is 2.00. The van der Waals surface area contributed by atoms with Gasteiger partial charge in [-0.15, -0.1) is 8.58 Å². The van der Waals surface area contributed by atoms with E-state index in [1.54, 1.807) is 6.08 Å². The van der Waals surface area contributed by atoms with E-state index in [-0.39, 0.29) is 0 Å². The third kappa shape index (κ3) is 9.66. The van der Waals surface area contributed by atoms with Crippen LogP contribution in [0, 0.1) is 11.3 Å². The highest BCUT2D eigenvalue weighted by atomic mass is 31.1. The fourth-order valence-electron chi connectivity index (χ4n) is 0.908. The number of hydrogen-bond acceptors (Lipinski definition) is 1. The highest BCUT2D eigenvalue weighted by Crippen LogP contribution is 2.14. The van der Waals surface area contributed by atoms with Crippen LogP contribution < -0.4 is 0 Å². The molecular weight excluding hydrogens is 165 g/mol. The van der Waals surface area contributed by atoms with Crippen molar-refractivity contribution < 1.29 is 0 Å². The average molecular weight is 183 g/mol. The highest BCUT2D eigenvalue weighted by molar-refractivity contribution is 7.37. The normalized spacial score (nSPS) is 11.3. The third-order valence-corrected chi connectivity index (χ3v) is 3.04. The Balaban J connectivity index is 2.92. The molecule has 0 aliphatic heterocycles. The van der Waals surface area contributed by atoms with Gasteiger partial charge in [-0.2, -0.15) is 5.26 Å². The summed E-state index contributed by atoms with van der Waals surface area (Å²) in [5.74, 6) is 0. The van der Waals surface area contributed by atoms with Crippen molar-refractivity contribution in [3.05, 3.63) is 12.2 Å². The van der Waals surface area contributed by atoms with Crippen molar-refractivity contribution in [2.45, 2.75) is 32.6 Å². The highest BCUT2D eigenvalue weighted by Gasteiger charge is 1.86. The second-order valence-corrected chi connectivity index (χ2v) is 4.28. The van der Waals surface area contributed by atoms with E-state index in [9.17, 15) is 0 Å². The molecule has 0 saturated heterocycles. The van der Waals surface area contributed by atoms with Gasteiger partial charge in [0.25, 0.3) is 0 Å². The number of hydrogen-bond donors (Lipinski definition) is 0. The Morgan fingerprint density at radius 3 is 2.75 bits per heavy atom. The molecule has 1 unspecified atom stereocenters. The smallest absolute Gasteiger partial charge is 0.0908 e. The van der Waals surface area contributed by atoms with E-state index in [0.717, 1.165) is 15.0 Å². The van der Waals surface area contributed by atoms with Crippen molar-refractivity contribution in [3.63, 3.8) is 0 Å². The van der Waals surface area contributed by atoms with E-state index >= 15 is 0 Å².